The molecule has 0 fully saturated rings. The molecular weight excluding hydrogens is 398 g/mol. The van der Waals surface area contributed by atoms with E-state index in [2.05, 4.69) is 35.9 Å². The van der Waals surface area contributed by atoms with E-state index in [-0.39, 0.29) is 0 Å². The highest BCUT2D eigenvalue weighted by Gasteiger charge is 2.18. The third kappa shape index (κ3) is 3.67. The van der Waals surface area contributed by atoms with Gasteiger partial charge in [0.15, 0.2) is 5.65 Å². The summed E-state index contributed by atoms with van der Waals surface area (Å²) in [6.45, 7) is 4.34. The minimum Gasteiger partial charge on any atom is -0.457 e. The van der Waals surface area contributed by atoms with Crippen LogP contribution in [0.15, 0.2) is 85.2 Å². The predicted molar refractivity (Wildman–Crippen MR) is 127 cm³/mol. The van der Waals surface area contributed by atoms with Gasteiger partial charge in [0.1, 0.15) is 29.3 Å². The molecule has 0 bridgehead atoms. The van der Waals surface area contributed by atoms with Crippen molar-refractivity contribution in [3.63, 3.8) is 0 Å². The predicted octanol–water partition coefficient (Wildman–Crippen LogP) is 5.98. The Kier molecular flexibility index (Phi) is 5.03. The van der Waals surface area contributed by atoms with Crippen LogP contribution in [0.1, 0.15) is 25.3 Å². The average molecular weight is 422 g/mol. The van der Waals surface area contributed by atoms with Gasteiger partial charge >= 0.3 is 0 Å². The van der Waals surface area contributed by atoms with Gasteiger partial charge < -0.3 is 10.5 Å². The van der Waals surface area contributed by atoms with Crippen LogP contribution in [0.2, 0.25) is 0 Å². The maximum atomic E-state index is 6.27. The fraction of sp³-hybridized carbons (Fsp3) is 0.115. The highest BCUT2D eigenvalue weighted by Crippen LogP contribution is 2.33. The summed E-state index contributed by atoms with van der Waals surface area (Å²) in [6.07, 6.45) is 1.47. The van der Waals surface area contributed by atoms with Gasteiger partial charge in [-0.1, -0.05) is 44.2 Å². The van der Waals surface area contributed by atoms with Crippen molar-refractivity contribution in [3.8, 4) is 28.4 Å². The van der Waals surface area contributed by atoms with Crippen LogP contribution >= 0.6 is 0 Å². The van der Waals surface area contributed by atoms with Crippen molar-refractivity contribution in [3.05, 3.63) is 90.8 Å². The van der Waals surface area contributed by atoms with E-state index in [1.54, 1.807) is 0 Å². The van der Waals surface area contributed by atoms with Gasteiger partial charge in [-0.05, 0) is 60.0 Å². The molecular formula is C26H23N5O. The van der Waals surface area contributed by atoms with E-state index in [9.17, 15) is 0 Å². The maximum Gasteiger partial charge on any atom is 0.169 e. The number of fused-ring (bicyclic) bond motifs is 1. The summed E-state index contributed by atoms with van der Waals surface area (Å²) in [7, 11) is 0. The normalized spacial score (nSPS) is 11.2. The van der Waals surface area contributed by atoms with Crippen LogP contribution < -0.4 is 10.5 Å². The highest BCUT2D eigenvalue weighted by molar-refractivity contribution is 5.98. The van der Waals surface area contributed by atoms with Gasteiger partial charge in [0.05, 0.1) is 11.1 Å². The van der Waals surface area contributed by atoms with Gasteiger partial charge in [-0.15, -0.1) is 0 Å². The van der Waals surface area contributed by atoms with Gasteiger partial charge in [0.25, 0.3) is 0 Å². The number of ether oxygens (including phenoxy) is 1. The molecule has 0 aliphatic carbocycles. The maximum absolute atomic E-state index is 6.27. The second-order valence-electron chi connectivity index (χ2n) is 7.91. The molecule has 0 saturated carbocycles. The van der Waals surface area contributed by atoms with Crippen molar-refractivity contribution >= 4 is 16.9 Å². The van der Waals surface area contributed by atoms with Crippen LogP contribution in [0.5, 0.6) is 11.5 Å². The van der Waals surface area contributed by atoms with Crippen molar-refractivity contribution in [1.82, 2.24) is 19.7 Å². The minimum absolute atomic E-state index is 0.404. The molecule has 6 nitrogen and oxygen atoms in total. The van der Waals surface area contributed by atoms with E-state index < -0.39 is 0 Å². The summed E-state index contributed by atoms with van der Waals surface area (Å²) in [6, 6.07) is 25.8. The van der Waals surface area contributed by atoms with Gasteiger partial charge in [-0.25, -0.2) is 14.6 Å². The number of benzene rings is 3. The first-order valence-electron chi connectivity index (χ1n) is 10.5. The molecule has 6 heteroatoms. The lowest BCUT2D eigenvalue weighted by Gasteiger charge is -2.08. The Bertz CT molecular complexity index is 1380. The Morgan fingerprint density at radius 2 is 1.59 bits per heavy atom. The molecule has 0 radical (unpaired) electrons. The highest BCUT2D eigenvalue weighted by atomic mass is 16.5. The molecule has 0 unspecified atom stereocenters. The topological polar surface area (TPSA) is 78.9 Å². The summed E-state index contributed by atoms with van der Waals surface area (Å²) in [5.74, 6) is 2.35. The van der Waals surface area contributed by atoms with E-state index >= 15 is 0 Å². The smallest absolute Gasteiger partial charge is 0.169 e. The molecule has 0 aliphatic heterocycles. The fourth-order valence-corrected chi connectivity index (χ4v) is 3.68. The van der Waals surface area contributed by atoms with E-state index in [0.717, 1.165) is 33.8 Å². The van der Waals surface area contributed by atoms with Crippen LogP contribution in [0.4, 0.5) is 5.82 Å². The quantitative estimate of drug-likeness (QED) is 0.378. The number of para-hydroxylation sites is 1. The second kappa shape index (κ2) is 8.15. The molecule has 32 heavy (non-hydrogen) atoms. The molecule has 2 aromatic heterocycles. The summed E-state index contributed by atoms with van der Waals surface area (Å²) in [4.78, 5) is 8.71. The number of hydrogen-bond acceptors (Lipinski definition) is 5. The average Bonchev–Trinajstić information content (AvgIpc) is 3.21. The standard InChI is InChI=1S/C26H23N5O/c1-17(2)19-7-6-8-20(15-19)31-26-23(25(27)28-16-29-26)24(30-31)18-11-13-22(14-12-18)32-21-9-4-3-5-10-21/h3-17H,1-2H3,(H2,27,28,29). The van der Waals surface area contributed by atoms with E-state index in [4.69, 9.17) is 15.6 Å². The SMILES string of the molecule is CC(C)c1cccc(-n2nc(-c3ccc(Oc4ccccc4)cc3)c3c(N)ncnc32)c1. The van der Waals surface area contributed by atoms with Crippen molar-refractivity contribution < 1.29 is 4.74 Å². The molecule has 158 valence electrons. The molecule has 0 aliphatic rings. The van der Waals surface area contributed by atoms with Crippen LogP contribution in [-0.4, -0.2) is 19.7 Å². The lowest BCUT2D eigenvalue weighted by Crippen LogP contribution is -2.00. The fourth-order valence-electron chi connectivity index (χ4n) is 3.68. The molecule has 5 rings (SSSR count). The molecule has 3 aromatic carbocycles. The molecule has 0 spiro atoms. The zero-order valence-corrected chi connectivity index (χ0v) is 17.9. The Morgan fingerprint density at radius 3 is 2.34 bits per heavy atom. The van der Waals surface area contributed by atoms with E-state index in [0.29, 0.717) is 17.4 Å². The van der Waals surface area contributed by atoms with Crippen molar-refractivity contribution in [2.24, 2.45) is 0 Å². The first kappa shape index (κ1) is 19.8. The zero-order valence-electron chi connectivity index (χ0n) is 17.9. The van der Waals surface area contributed by atoms with Crippen LogP contribution in [0.25, 0.3) is 28.0 Å². The first-order chi connectivity index (χ1) is 15.6. The van der Waals surface area contributed by atoms with Crippen molar-refractivity contribution in [2.75, 3.05) is 5.73 Å². The molecule has 5 aromatic rings. The number of nitrogens with two attached hydrogens (primary N) is 1. The summed E-state index contributed by atoms with van der Waals surface area (Å²) in [5.41, 5.74) is 10.8. The largest absolute Gasteiger partial charge is 0.457 e. The number of aromatic nitrogens is 4. The van der Waals surface area contributed by atoms with Gasteiger partial charge in [-0.2, -0.15) is 5.10 Å². The Hall–Kier alpha value is -4.19. The number of hydrogen-bond donors (Lipinski definition) is 1. The summed E-state index contributed by atoms with van der Waals surface area (Å²) < 4.78 is 7.75. The molecule has 2 heterocycles. The van der Waals surface area contributed by atoms with Crippen molar-refractivity contribution in [1.29, 1.82) is 0 Å². The third-order valence-electron chi connectivity index (χ3n) is 5.38. The third-order valence-corrected chi connectivity index (χ3v) is 5.38. The molecule has 2 N–H and O–H groups in total. The molecule has 0 saturated heterocycles. The van der Waals surface area contributed by atoms with Gasteiger partial charge in [0, 0.05) is 5.56 Å². The summed E-state index contributed by atoms with van der Waals surface area (Å²) >= 11 is 0. The second-order valence-corrected chi connectivity index (χ2v) is 7.91. The lowest BCUT2D eigenvalue weighted by molar-refractivity contribution is 0.483. The Balaban J connectivity index is 1.58. The van der Waals surface area contributed by atoms with Crippen LogP contribution in [-0.2, 0) is 0 Å². The Labute approximate surface area is 186 Å². The lowest BCUT2D eigenvalue weighted by atomic mass is 10.0. The number of nitrogen functional groups attached to an aromatic ring is 1. The van der Waals surface area contributed by atoms with Gasteiger partial charge in [0.2, 0.25) is 0 Å². The minimum atomic E-state index is 0.404. The van der Waals surface area contributed by atoms with Gasteiger partial charge in [-0.3, -0.25) is 0 Å². The number of anilines is 1. The molecule has 0 amide bonds. The van der Waals surface area contributed by atoms with E-state index in [1.807, 2.05) is 71.4 Å². The van der Waals surface area contributed by atoms with Crippen LogP contribution in [0.3, 0.4) is 0 Å². The number of rotatable bonds is 5. The van der Waals surface area contributed by atoms with Crippen molar-refractivity contribution in [2.45, 2.75) is 19.8 Å². The zero-order chi connectivity index (χ0) is 22.1. The van der Waals surface area contributed by atoms with E-state index in [1.165, 1.54) is 11.9 Å². The molecule has 0 atom stereocenters. The Morgan fingerprint density at radius 1 is 0.844 bits per heavy atom. The summed E-state index contributed by atoms with van der Waals surface area (Å²) in [5, 5.41) is 5.63. The van der Waals surface area contributed by atoms with Crippen LogP contribution in [0, 0.1) is 0 Å². The monoisotopic (exact) mass is 421 g/mol. The number of nitrogens with zero attached hydrogens (tertiary/aromatic N) is 4. The first-order valence-corrected chi connectivity index (χ1v) is 10.5.